The number of piperazine rings is 1. The summed E-state index contributed by atoms with van der Waals surface area (Å²) in [4.78, 5) is 6.25. The molecule has 3 aromatic rings. The standard InChI is InChI=1S/C25H27FN4O2S/c26-23-16-21(15-22(17-23)18-28-10-9-27-19-28)2-1-20-3-5-24(6-4-20)29-11-13-30(14-12-29)33(31,32)25-7-8-25/h1-6,9-10,15-17,19,25H,7-8,11-14,18H2/b2-1+. The first-order chi connectivity index (χ1) is 16.0. The van der Waals surface area contributed by atoms with Gasteiger partial charge in [0.1, 0.15) is 5.82 Å². The summed E-state index contributed by atoms with van der Waals surface area (Å²) in [7, 11) is -3.09. The predicted octanol–water partition coefficient (Wildman–Crippen LogP) is 3.86. The topological polar surface area (TPSA) is 58.4 Å². The molecule has 1 aromatic heterocycles. The van der Waals surface area contributed by atoms with Crippen LogP contribution in [0.5, 0.6) is 0 Å². The molecule has 0 spiro atoms. The van der Waals surface area contributed by atoms with E-state index in [0.29, 0.717) is 32.7 Å². The van der Waals surface area contributed by atoms with Crippen molar-refractivity contribution in [1.82, 2.24) is 13.9 Å². The number of nitrogens with zero attached hydrogens (tertiary/aromatic N) is 4. The van der Waals surface area contributed by atoms with Crippen molar-refractivity contribution >= 4 is 27.9 Å². The zero-order valence-corrected chi connectivity index (χ0v) is 19.2. The Morgan fingerprint density at radius 3 is 2.36 bits per heavy atom. The summed E-state index contributed by atoms with van der Waals surface area (Å²) in [5, 5.41) is -0.143. The fourth-order valence-electron chi connectivity index (χ4n) is 4.22. The molecule has 0 unspecified atom stereocenters. The average Bonchev–Trinajstić information content (AvgIpc) is 3.57. The van der Waals surface area contributed by atoms with Crippen molar-refractivity contribution < 1.29 is 12.8 Å². The highest BCUT2D eigenvalue weighted by molar-refractivity contribution is 7.90. The molecule has 1 aliphatic heterocycles. The van der Waals surface area contributed by atoms with Crippen LogP contribution in [0, 0.1) is 5.82 Å². The first-order valence-electron chi connectivity index (χ1n) is 11.2. The molecular formula is C25H27FN4O2S. The number of benzene rings is 2. The zero-order chi connectivity index (χ0) is 22.8. The van der Waals surface area contributed by atoms with Gasteiger partial charge in [-0.25, -0.2) is 17.8 Å². The Bertz CT molecular complexity index is 1230. The van der Waals surface area contributed by atoms with Gasteiger partial charge in [0.15, 0.2) is 0 Å². The fourth-order valence-corrected chi connectivity index (χ4v) is 6.05. The van der Waals surface area contributed by atoms with Gasteiger partial charge < -0.3 is 9.47 Å². The summed E-state index contributed by atoms with van der Waals surface area (Å²) >= 11 is 0. The second-order valence-electron chi connectivity index (χ2n) is 8.68. The molecule has 0 amide bonds. The maximum absolute atomic E-state index is 14.1. The third-order valence-corrected chi connectivity index (χ3v) is 8.57. The molecule has 0 atom stereocenters. The molecule has 2 aliphatic rings. The van der Waals surface area contributed by atoms with E-state index in [1.807, 2.05) is 41.1 Å². The second kappa shape index (κ2) is 9.11. The van der Waals surface area contributed by atoms with Gasteiger partial charge in [-0.15, -0.1) is 0 Å². The van der Waals surface area contributed by atoms with Gasteiger partial charge in [0.05, 0.1) is 11.6 Å². The minimum absolute atomic E-state index is 0.143. The van der Waals surface area contributed by atoms with Crippen LogP contribution >= 0.6 is 0 Å². The number of imidazole rings is 1. The van der Waals surface area contributed by atoms with Crippen molar-refractivity contribution in [2.75, 3.05) is 31.1 Å². The molecule has 6 nitrogen and oxygen atoms in total. The summed E-state index contributed by atoms with van der Waals surface area (Å²) in [5.74, 6) is -0.259. The Morgan fingerprint density at radius 1 is 0.970 bits per heavy atom. The Kier molecular flexibility index (Phi) is 6.03. The highest BCUT2D eigenvalue weighted by atomic mass is 32.2. The molecule has 0 radical (unpaired) electrons. The van der Waals surface area contributed by atoms with Crippen LogP contribution in [0.1, 0.15) is 29.5 Å². The molecule has 0 N–H and O–H groups in total. The van der Waals surface area contributed by atoms with E-state index in [9.17, 15) is 12.8 Å². The summed E-state index contributed by atoms with van der Waals surface area (Å²) in [5.41, 5.74) is 3.80. The van der Waals surface area contributed by atoms with Crippen LogP contribution in [0.2, 0.25) is 0 Å². The molecule has 172 valence electrons. The zero-order valence-electron chi connectivity index (χ0n) is 18.3. The first kappa shape index (κ1) is 21.9. The highest BCUT2D eigenvalue weighted by Crippen LogP contribution is 2.32. The van der Waals surface area contributed by atoms with E-state index in [1.165, 1.54) is 6.07 Å². The normalized spacial score (nSPS) is 17.7. The average molecular weight is 467 g/mol. The van der Waals surface area contributed by atoms with Crippen LogP contribution in [0.4, 0.5) is 10.1 Å². The monoisotopic (exact) mass is 466 g/mol. The third kappa shape index (κ3) is 5.17. The molecule has 1 saturated carbocycles. The van der Waals surface area contributed by atoms with E-state index >= 15 is 0 Å². The Labute approximate surface area is 194 Å². The molecule has 0 bridgehead atoms. The summed E-state index contributed by atoms with van der Waals surface area (Å²) in [6.07, 6.45) is 10.8. The van der Waals surface area contributed by atoms with Gasteiger partial charge in [0.2, 0.25) is 10.0 Å². The lowest BCUT2D eigenvalue weighted by atomic mass is 10.1. The fraction of sp³-hybridized carbons (Fsp3) is 0.320. The second-order valence-corrected chi connectivity index (χ2v) is 10.9. The molecule has 2 aromatic carbocycles. The quantitative estimate of drug-likeness (QED) is 0.496. The first-order valence-corrected chi connectivity index (χ1v) is 12.7. The van der Waals surface area contributed by atoms with Crippen molar-refractivity contribution in [3.8, 4) is 0 Å². The summed E-state index contributed by atoms with van der Waals surface area (Å²) < 4.78 is 42.5. The van der Waals surface area contributed by atoms with Crippen LogP contribution < -0.4 is 4.90 Å². The lowest BCUT2D eigenvalue weighted by Crippen LogP contribution is -2.49. The molecule has 8 heteroatoms. The molecule has 1 aliphatic carbocycles. The minimum atomic E-state index is -3.09. The minimum Gasteiger partial charge on any atom is -0.369 e. The Balaban J connectivity index is 1.21. The van der Waals surface area contributed by atoms with Crippen LogP contribution in [0.3, 0.4) is 0 Å². The molecular weight excluding hydrogens is 439 g/mol. The van der Waals surface area contributed by atoms with Gasteiger partial charge in [-0.3, -0.25) is 0 Å². The number of halogens is 1. The van der Waals surface area contributed by atoms with Gasteiger partial charge in [-0.2, -0.15) is 4.31 Å². The molecule has 5 rings (SSSR count). The largest absolute Gasteiger partial charge is 0.369 e. The lowest BCUT2D eigenvalue weighted by molar-refractivity contribution is 0.384. The number of hydrogen-bond acceptors (Lipinski definition) is 4. The number of aromatic nitrogens is 2. The van der Waals surface area contributed by atoms with E-state index in [4.69, 9.17) is 0 Å². The van der Waals surface area contributed by atoms with Crippen LogP contribution in [0.15, 0.2) is 61.2 Å². The van der Waals surface area contributed by atoms with Gasteiger partial charge >= 0.3 is 0 Å². The number of sulfonamides is 1. The number of rotatable bonds is 7. The van der Waals surface area contributed by atoms with Crippen LogP contribution in [-0.2, 0) is 16.6 Å². The van der Waals surface area contributed by atoms with Gasteiger partial charge in [0.25, 0.3) is 0 Å². The van der Waals surface area contributed by atoms with Crippen molar-refractivity contribution in [3.63, 3.8) is 0 Å². The van der Waals surface area contributed by atoms with Crippen molar-refractivity contribution in [2.24, 2.45) is 0 Å². The Hall–Kier alpha value is -2.97. The van der Waals surface area contributed by atoms with Crippen LogP contribution in [0.25, 0.3) is 12.2 Å². The predicted molar refractivity (Wildman–Crippen MR) is 129 cm³/mol. The third-order valence-electron chi connectivity index (χ3n) is 6.17. The summed E-state index contributed by atoms with van der Waals surface area (Å²) in [6.45, 7) is 3.06. The maximum Gasteiger partial charge on any atom is 0.217 e. The SMILES string of the molecule is O=S(=O)(C1CC1)N1CCN(c2ccc(/C=C/c3cc(F)cc(Cn4ccnc4)c3)cc2)CC1. The van der Waals surface area contributed by atoms with Gasteiger partial charge in [0, 0.05) is 50.8 Å². The summed E-state index contributed by atoms with van der Waals surface area (Å²) in [6, 6.07) is 13.2. The molecule has 33 heavy (non-hydrogen) atoms. The molecule has 2 heterocycles. The highest BCUT2D eigenvalue weighted by Gasteiger charge is 2.40. The van der Waals surface area contributed by atoms with E-state index in [-0.39, 0.29) is 11.1 Å². The van der Waals surface area contributed by atoms with Crippen LogP contribution in [-0.4, -0.2) is 53.7 Å². The van der Waals surface area contributed by atoms with Crippen molar-refractivity contribution in [2.45, 2.75) is 24.6 Å². The molecule has 1 saturated heterocycles. The van der Waals surface area contributed by atoms with Gasteiger partial charge in [-0.05, 0) is 59.9 Å². The lowest BCUT2D eigenvalue weighted by Gasteiger charge is -2.35. The van der Waals surface area contributed by atoms with E-state index in [2.05, 4.69) is 22.0 Å². The van der Waals surface area contributed by atoms with E-state index in [0.717, 1.165) is 35.2 Å². The van der Waals surface area contributed by atoms with Gasteiger partial charge in [-0.1, -0.05) is 24.3 Å². The Morgan fingerprint density at radius 2 is 1.70 bits per heavy atom. The molecule has 2 fully saturated rings. The maximum atomic E-state index is 14.1. The number of anilines is 1. The van der Waals surface area contributed by atoms with E-state index in [1.54, 1.807) is 22.9 Å². The number of hydrogen-bond donors (Lipinski definition) is 0. The van der Waals surface area contributed by atoms with Crippen molar-refractivity contribution in [1.29, 1.82) is 0 Å². The van der Waals surface area contributed by atoms with Crippen molar-refractivity contribution in [3.05, 3.63) is 83.7 Å². The van der Waals surface area contributed by atoms with E-state index < -0.39 is 10.0 Å². The smallest absolute Gasteiger partial charge is 0.217 e.